The van der Waals surface area contributed by atoms with Crippen LogP contribution in [0.3, 0.4) is 0 Å². The normalized spacial score (nSPS) is 12.5. The van der Waals surface area contributed by atoms with Crippen molar-refractivity contribution in [3.8, 4) is 0 Å². The number of ketones is 1. The topological polar surface area (TPSA) is 43.1 Å². The van der Waals surface area contributed by atoms with Crippen molar-refractivity contribution < 1.29 is 9.18 Å². The predicted octanol–water partition coefficient (Wildman–Crippen LogP) is 3.11. The van der Waals surface area contributed by atoms with Crippen LogP contribution in [0.1, 0.15) is 31.7 Å². The summed E-state index contributed by atoms with van der Waals surface area (Å²) in [5.41, 5.74) is 6.15. The number of nitrogens with two attached hydrogens (primary N) is 1. The molecule has 2 N–H and O–H groups in total. The summed E-state index contributed by atoms with van der Waals surface area (Å²) >= 11 is 5.77. The maximum atomic E-state index is 13.1. The van der Waals surface area contributed by atoms with E-state index >= 15 is 0 Å². The number of hydrogen-bond donors (Lipinski definition) is 1. The fourth-order valence-electron chi connectivity index (χ4n) is 1.61. The third-order valence-electron chi connectivity index (χ3n) is 2.53. The molecule has 0 aromatic heterocycles. The Bertz CT molecular complexity index is 393. The maximum Gasteiger partial charge on any atom is 0.142 e. The number of rotatable bonds is 6. The molecule has 1 rings (SSSR count). The second-order valence-corrected chi connectivity index (χ2v) is 4.68. The Labute approximate surface area is 106 Å². The van der Waals surface area contributed by atoms with Crippen LogP contribution in [0, 0.1) is 5.82 Å². The van der Waals surface area contributed by atoms with Crippen LogP contribution < -0.4 is 5.73 Å². The fourth-order valence-corrected chi connectivity index (χ4v) is 1.80. The van der Waals surface area contributed by atoms with E-state index in [-0.39, 0.29) is 23.3 Å². The van der Waals surface area contributed by atoms with Crippen molar-refractivity contribution in [3.63, 3.8) is 0 Å². The molecular weight excluding hydrogens is 241 g/mol. The lowest BCUT2D eigenvalue weighted by atomic mass is 10.0. The number of benzene rings is 1. The SMILES string of the molecule is CC(N)CCCC(=O)Cc1cccc(F)c1Cl. The Kier molecular flexibility index (Phi) is 5.59. The van der Waals surface area contributed by atoms with Crippen molar-refractivity contribution in [3.05, 3.63) is 34.6 Å². The molecule has 0 aliphatic rings. The first-order valence-corrected chi connectivity index (χ1v) is 6.08. The summed E-state index contributed by atoms with van der Waals surface area (Å²) in [5.74, 6) is -0.411. The lowest BCUT2D eigenvalue weighted by molar-refractivity contribution is -0.118. The lowest BCUT2D eigenvalue weighted by Gasteiger charge is -2.06. The summed E-state index contributed by atoms with van der Waals surface area (Å²) in [7, 11) is 0. The molecule has 0 amide bonds. The summed E-state index contributed by atoms with van der Waals surface area (Å²) < 4.78 is 13.1. The van der Waals surface area contributed by atoms with Gasteiger partial charge < -0.3 is 5.73 Å². The van der Waals surface area contributed by atoms with E-state index in [1.165, 1.54) is 6.07 Å². The van der Waals surface area contributed by atoms with E-state index in [0.717, 1.165) is 12.8 Å². The maximum absolute atomic E-state index is 13.1. The van der Waals surface area contributed by atoms with Gasteiger partial charge in [-0.1, -0.05) is 23.7 Å². The Morgan fingerprint density at radius 1 is 1.53 bits per heavy atom. The molecule has 0 bridgehead atoms. The molecule has 0 radical (unpaired) electrons. The zero-order chi connectivity index (χ0) is 12.8. The van der Waals surface area contributed by atoms with Crippen LogP contribution >= 0.6 is 11.6 Å². The molecule has 4 heteroatoms. The van der Waals surface area contributed by atoms with E-state index in [4.69, 9.17) is 17.3 Å². The van der Waals surface area contributed by atoms with Crippen LogP contribution in [0.5, 0.6) is 0 Å². The Morgan fingerprint density at radius 2 is 2.24 bits per heavy atom. The standard InChI is InChI=1S/C13H17ClFNO/c1-9(16)4-2-6-11(17)8-10-5-3-7-12(15)13(10)14/h3,5,7,9H,2,4,6,8,16H2,1H3. The van der Waals surface area contributed by atoms with E-state index in [1.54, 1.807) is 12.1 Å². The minimum atomic E-state index is -0.479. The molecular formula is C13H17ClFNO. The minimum absolute atomic E-state index is 0.0491. The summed E-state index contributed by atoms with van der Waals surface area (Å²) in [5, 5.41) is 0.0491. The van der Waals surface area contributed by atoms with Gasteiger partial charge in [-0.2, -0.15) is 0 Å². The second kappa shape index (κ2) is 6.72. The van der Waals surface area contributed by atoms with E-state index in [2.05, 4.69) is 0 Å². The number of halogens is 2. The van der Waals surface area contributed by atoms with Gasteiger partial charge in [-0.05, 0) is 31.4 Å². The monoisotopic (exact) mass is 257 g/mol. The largest absolute Gasteiger partial charge is 0.328 e. The molecule has 1 atom stereocenters. The third kappa shape index (κ3) is 4.84. The molecule has 2 nitrogen and oxygen atoms in total. The van der Waals surface area contributed by atoms with Crippen LogP contribution in [0.25, 0.3) is 0 Å². The average Bonchev–Trinajstić information content (AvgIpc) is 2.24. The van der Waals surface area contributed by atoms with Gasteiger partial charge in [0.25, 0.3) is 0 Å². The van der Waals surface area contributed by atoms with E-state index in [1.807, 2.05) is 6.92 Å². The van der Waals surface area contributed by atoms with E-state index < -0.39 is 5.82 Å². The Morgan fingerprint density at radius 3 is 2.88 bits per heavy atom. The van der Waals surface area contributed by atoms with Crippen LogP contribution in [0.2, 0.25) is 5.02 Å². The smallest absolute Gasteiger partial charge is 0.142 e. The van der Waals surface area contributed by atoms with Gasteiger partial charge in [-0.25, -0.2) is 4.39 Å². The van der Waals surface area contributed by atoms with Crippen LogP contribution in [-0.2, 0) is 11.2 Å². The quantitative estimate of drug-likeness (QED) is 0.851. The zero-order valence-electron chi connectivity index (χ0n) is 9.88. The molecule has 94 valence electrons. The van der Waals surface area contributed by atoms with Crippen LogP contribution in [-0.4, -0.2) is 11.8 Å². The van der Waals surface area contributed by atoms with Crippen LogP contribution in [0.4, 0.5) is 4.39 Å². The fraction of sp³-hybridized carbons (Fsp3) is 0.462. The van der Waals surface area contributed by atoms with E-state index in [9.17, 15) is 9.18 Å². The van der Waals surface area contributed by atoms with Gasteiger partial charge in [-0.15, -0.1) is 0 Å². The van der Waals surface area contributed by atoms with Gasteiger partial charge in [0.05, 0.1) is 5.02 Å². The average molecular weight is 258 g/mol. The number of hydrogen-bond acceptors (Lipinski definition) is 2. The Balaban J connectivity index is 2.48. The molecule has 0 heterocycles. The highest BCUT2D eigenvalue weighted by molar-refractivity contribution is 6.31. The zero-order valence-corrected chi connectivity index (χ0v) is 10.6. The van der Waals surface area contributed by atoms with Gasteiger partial charge in [0.1, 0.15) is 11.6 Å². The minimum Gasteiger partial charge on any atom is -0.328 e. The summed E-state index contributed by atoms with van der Waals surface area (Å²) in [6.07, 6.45) is 2.25. The molecule has 1 aromatic rings. The van der Waals surface area contributed by atoms with Crippen molar-refractivity contribution in [1.82, 2.24) is 0 Å². The van der Waals surface area contributed by atoms with Crippen molar-refractivity contribution in [2.75, 3.05) is 0 Å². The summed E-state index contributed by atoms with van der Waals surface area (Å²) in [6.45, 7) is 1.91. The highest BCUT2D eigenvalue weighted by Gasteiger charge is 2.10. The third-order valence-corrected chi connectivity index (χ3v) is 2.96. The van der Waals surface area contributed by atoms with Crippen LogP contribution in [0.15, 0.2) is 18.2 Å². The lowest BCUT2D eigenvalue weighted by Crippen LogP contribution is -2.15. The first-order valence-electron chi connectivity index (χ1n) is 5.71. The predicted molar refractivity (Wildman–Crippen MR) is 67.6 cm³/mol. The van der Waals surface area contributed by atoms with Gasteiger partial charge in [0.15, 0.2) is 0 Å². The van der Waals surface area contributed by atoms with Crippen molar-refractivity contribution >= 4 is 17.4 Å². The number of carbonyl (C=O) groups excluding carboxylic acids is 1. The molecule has 17 heavy (non-hydrogen) atoms. The van der Waals surface area contributed by atoms with Gasteiger partial charge in [0, 0.05) is 18.9 Å². The molecule has 0 aliphatic heterocycles. The summed E-state index contributed by atoms with van der Waals surface area (Å²) in [4.78, 5) is 11.6. The Hall–Kier alpha value is -0.930. The molecule has 0 spiro atoms. The summed E-state index contributed by atoms with van der Waals surface area (Å²) in [6, 6.07) is 4.63. The van der Waals surface area contributed by atoms with E-state index in [0.29, 0.717) is 12.0 Å². The molecule has 1 unspecified atom stereocenters. The number of carbonyl (C=O) groups is 1. The molecule has 0 fully saturated rings. The first-order chi connectivity index (χ1) is 8.00. The van der Waals surface area contributed by atoms with Gasteiger partial charge >= 0.3 is 0 Å². The second-order valence-electron chi connectivity index (χ2n) is 4.30. The van der Waals surface area contributed by atoms with Crippen molar-refractivity contribution in [1.29, 1.82) is 0 Å². The van der Waals surface area contributed by atoms with Crippen molar-refractivity contribution in [2.24, 2.45) is 5.73 Å². The highest BCUT2D eigenvalue weighted by Crippen LogP contribution is 2.20. The highest BCUT2D eigenvalue weighted by atomic mass is 35.5. The van der Waals surface area contributed by atoms with Crippen molar-refractivity contribution in [2.45, 2.75) is 38.6 Å². The van der Waals surface area contributed by atoms with Gasteiger partial charge in [-0.3, -0.25) is 4.79 Å². The van der Waals surface area contributed by atoms with Gasteiger partial charge in [0.2, 0.25) is 0 Å². The molecule has 0 saturated heterocycles. The molecule has 1 aromatic carbocycles. The first kappa shape index (κ1) is 14.1. The molecule has 0 saturated carbocycles. The molecule has 0 aliphatic carbocycles. The number of Topliss-reactive ketones (excluding diaryl/α,β-unsaturated/α-hetero) is 1.